The third kappa shape index (κ3) is 3.38. The summed E-state index contributed by atoms with van der Waals surface area (Å²) >= 11 is 0. The third-order valence-electron chi connectivity index (χ3n) is 4.69. The second-order valence-electron chi connectivity index (χ2n) is 6.37. The highest BCUT2D eigenvalue weighted by Gasteiger charge is 2.27. The molecule has 4 nitrogen and oxygen atoms in total. The first-order valence-corrected chi connectivity index (χ1v) is 8.03. The number of para-hydroxylation sites is 1. The van der Waals surface area contributed by atoms with Crippen LogP contribution in [0.5, 0.6) is 0 Å². The first kappa shape index (κ1) is 14.4. The number of fused-ring (bicyclic) bond motifs is 1. The van der Waals surface area contributed by atoms with Crippen LogP contribution in [0.2, 0.25) is 0 Å². The Morgan fingerprint density at radius 2 is 2.24 bits per heavy atom. The van der Waals surface area contributed by atoms with E-state index in [0.29, 0.717) is 5.92 Å². The Morgan fingerprint density at radius 3 is 3.10 bits per heavy atom. The van der Waals surface area contributed by atoms with E-state index in [2.05, 4.69) is 34.7 Å². The Morgan fingerprint density at radius 1 is 1.38 bits per heavy atom. The largest absolute Gasteiger partial charge is 0.385 e. The van der Waals surface area contributed by atoms with Crippen LogP contribution in [0.1, 0.15) is 30.7 Å². The van der Waals surface area contributed by atoms with Crippen molar-refractivity contribution in [1.82, 2.24) is 10.2 Å². The monoisotopic (exact) mass is 287 g/mol. The van der Waals surface area contributed by atoms with Crippen molar-refractivity contribution in [1.29, 1.82) is 0 Å². The Hall–Kier alpha value is -1.55. The molecule has 1 aromatic carbocycles. The van der Waals surface area contributed by atoms with E-state index in [4.69, 9.17) is 0 Å². The highest BCUT2D eigenvalue weighted by Crippen LogP contribution is 2.31. The molecule has 0 radical (unpaired) electrons. The molecule has 2 aliphatic rings. The molecule has 4 heteroatoms. The lowest BCUT2D eigenvalue weighted by atomic mass is 9.90. The van der Waals surface area contributed by atoms with E-state index in [0.717, 1.165) is 37.3 Å². The maximum Gasteiger partial charge on any atom is 0.227 e. The van der Waals surface area contributed by atoms with Crippen molar-refractivity contribution in [2.24, 2.45) is 5.92 Å². The van der Waals surface area contributed by atoms with Gasteiger partial charge in [0.2, 0.25) is 5.91 Å². The topological polar surface area (TPSA) is 44.4 Å². The van der Waals surface area contributed by atoms with Gasteiger partial charge in [-0.2, -0.15) is 0 Å². The SMILES string of the molecule is CN1CCCC(CNC(=O)C2CCNc3ccccc32)C1. The van der Waals surface area contributed by atoms with E-state index in [9.17, 15) is 4.79 Å². The molecular weight excluding hydrogens is 262 g/mol. The van der Waals surface area contributed by atoms with Gasteiger partial charge in [0, 0.05) is 25.3 Å². The molecule has 1 aromatic rings. The van der Waals surface area contributed by atoms with Crippen LogP contribution in [0.3, 0.4) is 0 Å². The van der Waals surface area contributed by atoms with Gasteiger partial charge in [-0.1, -0.05) is 18.2 Å². The lowest BCUT2D eigenvalue weighted by molar-refractivity contribution is -0.123. The smallest absolute Gasteiger partial charge is 0.227 e. The molecular formula is C17H25N3O. The zero-order valence-electron chi connectivity index (χ0n) is 12.8. The Bertz CT molecular complexity index is 503. The lowest BCUT2D eigenvalue weighted by Gasteiger charge is -2.31. The van der Waals surface area contributed by atoms with E-state index < -0.39 is 0 Å². The van der Waals surface area contributed by atoms with Gasteiger partial charge < -0.3 is 15.5 Å². The number of hydrogen-bond acceptors (Lipinski definition) is 3. The standard InChI is InChI=1S/C17H25N3O/c1-20-10-4-5-13(12-20)11-19-17(21)15-8-9-18-16-7-3-2-6-14(15)16/h2-3,6-7,13,15,18H,4-5,8-12H2,1H3,(H,19,21). The minimum absolute atomic E-state index is 0.00349. The van der Waals surface area contributed by atoms with Gasteiger partial charge in [-0.15, -0.1) is 0 Å². The van der Waals surface area contributed by atoms with Gasteiger partial charge in [-0.05, 0) is 50.4 Å². The summed E-state index contributed by atoms with van der Waals surface area (Å²) in [6.45, 7) is 3.98. The van der Waals surface area contributed by atoms with Crippen molar-refractivity contribution in [3.8, 4) is 0 Å². The van der Waals surface area contributed by atoms with Gasteiger partial charge in [0.1, 0.15) is 0 Å². The molecule has 0 aliphatic carbocycles. The molecule has 21 heavy (non-hydrogen) atoms. The molecule has 1 fully saturated rings. The summed E-state index contributed by atoms with van der Waals surface area (Å²) in [5.74, 6) is 0.797. The Kier molecular flexibility index (Phi) is 4.44. The van der Waals surface area contributed by atoms with E-state index >= 15 is 0 Å². The number of benzene rings is 1. The molecule has 1 saturated heterocycles. The first-order chi connectivity index (χ1) is 10.2. The predicted octanol–water partition coefficient (Wildman–Crippen LogP) is 2.04. The van der Waals surface area contributed by atoms with Crippen LogP contribution in [0.15, 0.2) is 24.3 Å². The fourth-order valence-corrected chi connectivity index (χ4v) is 3.55. The molecule has 0 spiro atoms. The molecule has 0 aromatic heterocycles. The zero-order valence-corrected chi connectivity index (χ0v) is 12.8. The van der Waals surface area contributed by atoms with Crippen molar-refractivity contribution < 1.29 is 4.79 Å². The zero-order chi connectivity index (χ0) is 14.7. The van der Waals surface area contributed by atoms with Crippen LogP contribution >= 0.6 is 0 Å². The normalized spacial score (nSPS) is 25.8. The van der Waals surface area contributed by atoms with Crippen LogP contribution in [0.25, 0.3) is 0 Å². The highest BCUT2D eigenvalue weighted by atomic mass is 16.1. The van der Waals surface area contributed by atoms with Crippen LogP contribution < -0.4 is 10.6 Å². The fraction of sp³-hybridized carbons (Fsp3) is 0.588. The Balaban J connectivity index is 1.59. The number of hydrogen-bond donors (Lipinski definition) is 2. The molecule has 2 unspecified atom stereocenters. The summed E-state index contributed by atoms with van der Waals surface area (Å²) in [5, 5.41) is 6.56. The second-order valence-corrected chi connectivity index (χ2v) is 6.37. The summed E-state index contributed by atoms with van der Waals surface area (Å²) in [4.78, 5) is 14.9. The van der Waals surface area contributed by atoms with Crippen molar-refractivity contribution >= 4 is 11.6 Å². The van der Waals surface area contributed by atoms with Crippen LogP contribution in [0, 0.1) is 5.92 Å². The highest BCUT2D eigenvalue weighted by molar-refractivity contribution is 5.86. The number of rotatable bonds is 3. The average molecular weight is 287 g/mol. The van der Waals surface area contributed by atoms with Crippen LogP contribution in [-0.4, -0.2) is 44.0 Å². The van der Waals surface area contributed by atoms with E-state index in [1.165, 1.54) is 19.4 Å². The number of nitrogens with one attached hydrogen (secondary N) is 2. The number of likely N-dealkylation sites (tertiary alicyclic amines) is 1. The van der Waals surface area contributed by atoms with Crippen molar-refractivity contribution in [3.05, 3.63) is 29.8 Å². The van der Waals surface area contributed by atoms with Gasteiger partial charge in [0.15, 0.2) is 0 Å². The first-order valence-electron chi connectivity index (χ1n) is 8.03. The lowest BCUT2D eigenvalue weighted by Crippen LogP contribution is -2.41. The molecule has 1 amide bonds. The molecule has 2 atom stereocenters. The van der Waals surface area contributed by atoms with Gasteiger partial charge in [0.25, 0.3) is 0 Å². The fourth-order valence-electron chi connectivity index (χ4n) is 3.55. The summed E-state index contributed by atoms with van der Waals surface area (Å²) in [6, 6.07) is 8.16. The van der Waals surface area contributed by atoms with E-state index in [1.807, 2.05) is 12.1 Å². The summed E-state index contributed by atoms with van der Waals surface area (Å²) in [6.07, 6.45) is 3.36. The number of anilines is 1. The molecule has 0 bridgehead atoms. The molecule has 114 valence electrons. The maximum atomic E-state index is 12.5. The van der Waals surface area contributed by atoms with Crippen molar-refractivity contribution in [3.63, 3.8) is 0 Å². The van der Waals surface area contributed by atoms with Gasteiger partial charge in [-0.3, -0.25) is 4.79 Å². The number of carbonyl (C=O) groups excluding carboxylic acids is 1. The summed E-state index contributed by atoms with van der Waals surface area (Å²) in [5.41, 5.74) is 2.25. The molecule has 2 N–H and O–H groups in total. The minimum atomic E-state index is 0.00349. The average Bonchev–Trinajstić information content (AvgIpc) is 2.52. The minimum Gasteiger partial charge on any atom is -0.385 e. The van der Waals surface area contributed by atoms with E-state index in [1.54, 1.807) is 0 Å². The number of nitrogens with zero attached hydrogens (tertiary/aromatic N) is 1. The molecule has 2 heterocycles. The summed E-state index contributed by atoms with van der Waals surface area (Å²) < 4.78 is 0. The van der Waals surface area contributed by atoms with Crippen LogP contribution in [0.4, 0.5) is 5.69 Å². The van der Waals surface area contributed by atoms with Crippen molar-refractivity contribution in [2.45, 2.75) is 25.2 Å². The van der Waals surface area contributed by atoms with Crippen molar-refractivity contribution in [2.75, 3.05) is 38.5 Å². The maximum absolute atomic E-state index is 12.5. The number of amides is 1. The third-order valence-corrected chi connectivity index (χ3v) is 4.69. The molecule has 2 aliphatic heterocycles. The quantitative estimate of drug-likeness (QED) is 0.894. The van der Waals surface area contributed by atoms with Gasteiger partial charge in [-0.25, -0.2) is 0 Å². The molecule has 0 saturated carbocycles. The predicted molar refractivity (Wildman–Crippen MR) is 85.5 cm³/mol. The number of carbonyl (C=O) groups is 1. The van der Waals surface area contributed by atoms with Crippen LogP contribution in [-0.2, 0) is 4.79 Å². The second kappa shape index (κ2) is 6.48. The van der Waals surface area contributed by atoms with E-state index in [-0.39, 0.29) is 11.8 Å². The van der Waals surface area contributed by atoms with Gasteiger partial charge in [0.05, 0.1) is 5.92 Å². The molecule has 3 rings (SSSR count). The summed E-state index contributed by atoms with van der Waals surface area (Å²) in [7, 11) is 2.16. The number of piperidine rings is 1. The van der Waals surface area contributed by atoms with Gasteiger partial charge >= 0.3 is 0 Å². The Labute approximate surface area is 126 Å².